The highest BCUT2D eigenvalue weighted by Gasteiger charge is 2.43. The molecule has 1 rings (SSSR count). The largest absolute Gasteiger partial charge is 0.481 e. The van der Waals surface area contributed by atoms with E-state index in [9.17, 15) is 14.7 Å². The van der Waals surface area contributed by atoms with E-state index in [-0.39, 0.29) is 23.9 Å². The maximum atomic E-state index is 12.2. The van der Waals surface area contributed by atoms with Gasteiger partial charge in [-0.25, -0.2) is 0 Å². The number of piperidine rings is 1. The van der Waals surface area contributed by atoms with Crippen molar-refractivity contribution < 1.29 is 14.7 Å². The number of aliphatic carboxylic acids is 1. The van der Waals surface area contributed by atoms with Crippen LogP contribution in [0.3, 0.4) is 0 Å². The Labute approximate surface area is 116 Å². The SMILES string of the molecule is CCC(C)CC(C)N1C(=O)CC(C)C(C(=O)O)C1C. The molecule has 1 fully saturated rings. The number of hydrogen-bond acceptors (Lipinski definition) is 2. The summed E-state index contributed by atoms with van der Waals surface area (Å²) < 4.78 is 0. The van der Waals surface area contributed by atoms with Gasteiger partial charge in [0.25, 0.3) is 0 Å². The molecule has 0 saturated carbocycles. The molecule has 1 amide bonds. The van der Waals surface area contributed by atoms with E-state index in [1.54, 1.807) is 0 Å². The van der Waals surface area contributed by atoms with Crippen LogP contribution in [0.15, 0.2) is 0 Å². The van der Waals surface area contributed by atoms with E-state index >= 15 is 0 Å². The van der Waals surface area contributed by atoms with Crippen LogP contribution in [0.5, 0.6) is 0 Å². The molecule has 1 saturated heterocycles. The molecule has 5 unspecified atom stereocenters. The van der Waals surface area contributed by atoms with Gasteiger partial charge >= 0.3 is 5.97 Å². The first kappa shape index (κ1) is 16.0. The van der Waals surface area contributed by atoms with E-state index in [4.69, 9.17) is 0 Å². The second kappa shape index (κ2) is 6.40. The summed E-state index contributed by atoms with van der Waals surface area (Å²) in [6, 6.07) is -0.0976. The standard InChI is InChI=1S/C15H27NO3/c1-6-9(2)7-11(4)16-12(5)14(15(18)19)10(3)8-13(16)17/h9-12,14H,6-8H2,1-5H3,(H,18,19). The summed E-state index contributed by atoms with van der Waals surface area (Å²) in [7, 11) is 0. The number of carboxylic acids is 1. The number of hydrogen-bond donors (Lipinski definition) is 1. The van der Waals surface area contributed by atoms with Crippen molar-refractivity contribution in [3.05, 3.63) is 0 Å². The highest BCUT2D eigenvalue weighted by molar-refractivity contribution is 5.82. The molecule has 5 atom stereocenters. The van der Waals surface area contributed by atoms with E-state index in [1.807, 2.05) is 25.7 Å². The number of nitrogens with zero attached hydrogens (tertiary/aromatic N) is 1. The lowest BCUT2D eigenvalue weighted by atomic mass is 9.80. The minimum atomic E-state index is -0.784. The van der Waals surface area contributed by atoms with Gasteiger partial charge in [-0.1, -0.05) is 27.2 Å². The average Bonchev–Trinajstić information content (AvgIpc) is 2.26. The molecular weight excluding hydrogens is 242 g/mol. The summed E-state index contributed by atoms with van der Waals surface area (Å²) in [5.41, 5.74) is 0. The summed E-state index contributed by atoms with van der Waals surface area (Å²) in [4.78, 5) is 25.4. The summed E-state index contributed by atoms with van der Waals surface area (Å²) in [6.07, 6.45) is 2.37. The fourth-order valence-corrected chi connectivity index (χ4v) is 3.34. The van der Waals surface area contributed by atoms with E-state index < -0.39 is 11.9 Å². The van der Waals surface area contributed by atoms with Gasteiger partial charge in [0.1, 0.15) is 0 Å². The Balaban J connectivity index is 2.86. The molecular formula is C15H27NO3. The Bertz CT molecular complexity index is 342. The van der Waals surface area contributed by atoms with Crippen molar-refractivity contribution in [1.29, 1.82) is 0 Å². The molecule has 4 heteroatoms. The smallest absolute Gasteiger partial charge is 0.308 e. The zero-order chi connectivity index (χ0) is 14.7. The highest BCUT2D eigenvalue weighted by Crippen LogP contribution is 2.32. The Hall–Kier alpha value is -1.06. The molecule has 1 aliphatic heterocycles. The van der Waals surface area contributed by atoms with Gasteiger partial charge in [-0.15, -0.1) is 0 Å². The number of rotatable bonds is 5. The lowest BCUT2D eigenvalue weighted by Crippen LogP contribution is -2.56. The lowest BCUT2D eigenvalue weighted by Gasteiger charge is -2.44. The molecule has 0 bridgehead atoms. The van der Waals surface area contributed by atoms with Crippen molar-refractivity contribution in [2.45, 2.75) is 66.0 Å². The quantitative estimate of drug-likeness (QED) is 0.835. The average molecular weight is 269 g/mol. The maximum Gasteiger partial charge on any atom is 0.308 e. The summed E-state index contributed by atoms with van der Waals surface area (Å²) in [5, 5.41) is 9.35. The topological polar surface area (TPSA) is 57.6 Å². The molecule has 0 spiro atoms. The maximum absolute atomic E-state index is 12.2. The van der Waals surface area contributed by atoms with Crippen molar-refractivity contribution in [3.8, 4) is 0 Å². The zero-order valence-electron chi connectivity index (χ0n) is 12.7. The third-order valence-electron chi connectivity index (χ3n) is 4.56. The summed E-state index contributed by atoms with van der Waals surface area (Å²) in [6.45, 7) is 10.1. The van der Waals surface area contributed by atoms with Crippen LogP contribution < -0.4 is 0 Å². The lowest BCUT2D eigenvalue weighted by molar-refractivity contribution is -0.156. The normalized spacial score (nSPS) is 31.1. The first-order valence-corrected chi connectivity index (χ1v) is 7.33. The Kier molecular flexibility index (Phi) is 5.39. The van der Waals surface area contributed by atoms with Gasteiger partial charge in [0.05, 0.1) is 5.92 Å². The number of likely N-dealkylation sites (tertiary alicyclic amines) is 1. The minimum Gasteiger partial charge on any atom is -0.481 e. The second-order valence-electron chi connectivity index (χ2n) is 6.19. The first-order valence-electron chi connectivity index (χ1n) is 7.33. The third kappa shape index (κ3) is 3.48. The fraction of sp³-hybridized carbons (Fsp3) is 0.867. The summed E-state index contributed by atoms with van der Waals surface area (Å²) in [5.74, 6) is -0.650. The molecule has 0 radical (unpaired) electrons. The van der Waals surface area contributed by atoms with Crippen LogP contribution in [-0.2, 0) is 9.59 Å². The summed E-state index contributed by atoms with van der Waals surface area (Å²) >= 11 is 0. The molecule has 0 aliphatic carbocycles. The molecule has 4 nitrogen and oxygen atoms in total. The van der Waals surface area contributed by atoms with Crippen molar-refractivity contribution >= 4 is 11.9 Å². The second-order valence-corrected chi connectivity index (χ2v) is 6.19. The van der Waals surface area contributed by atoms with Crippen LogP contribution in [0.4, 0.5) is 0 Å². The molecule has 19 heavy (non-hydrogen) atoms. The Morgan fingerprint density at radius 2 is 2.00 bits per heavy atom. The Morgan fingerprint density at radius 3 is 2.47 bits per heavy atom. The molecule has 0 aromatic rings. The molecule has 1 N–H and O–H groups in total. The zero-order valence-corrected chi connectivity index (χ0v) is 12.7. The predicted octanol–water partition coefficient (Wildman–Crippen LogP) is 2.77. The van der Waals surface area contributed by atoms with Gasteiger partial charge in [-0.05, 0) is 32.1 Å². The van der Waals surface area contributed by atoms with Crippen LogP contribution in [0.2, 0.25) is 0 Å². The van der Waals surface area contributed by atoms with Crippen LogP contribution in [0.25, 0.3) is 0 Å². The van der Waals surface area contributed by atoms with Gasteiger partial charge in [0, 0.05) is 18.5 Å². The van der Waals surface area contributed by atoms with Crippen molar-refractivity contribution in [1.82, 2.24) is 4.90 Å². The first-order chi connectivity index (χ1) is 8.79. The monoisotopic (exact) mass is 269 g/mol. The number of carbonyl (C=O) groups is 2. The van der Waals surface area contributed by atoms with Gasteiger partial charge in [0.2, 0.25) is 5.91 Å². The van der Waals surface area contributed by atoms with Crippen LogP contribution >= 0.6 is 0 Å². The number of carboxylic acid groups (broad SMARTS) is 1. The van der Waals surface area contributed by atoms with E-state index in [0.29, 0.717) is 12.3 Å². The number of amides is 1. The van der Waals surface area contributed by atoms with Crippen LogP contribution in [-0.4, -0.2) is 34.0 Å². The Morgan fingerprint density at radius 1 is 1.42 bits per heavy atom. The minimum absolute atomic E-state index is 0.0768. The van der Waals surface area contributed by atoms with Crippen LogP contribution in [0, 0.1) is 17.8 Å². The molecule has 0 aromatic heterocycles. The molecule has 1 aliphatic rings. The van der Waals surface area contributed by atoms with Gasteiger partial charge < -0.3 is 10.0 Å². The van der Waals surface area contributed by atoms with E-state index in [1.165, 1.54) is 0 Å². The molecule has 110 valence electrons. The predicted molar refractivity (Wildman–Crippen MR) is 74.7 cm³/mol. The van der Waals surface area contributed by atoms with Gasteiger partial charge in [-0.3, -0.25) is 9.59 Å². The fourth-order valence-electron chi connectivity index (χ4n) is 3.34. The van der Waals surface area contributed by atoms with Gasteiger partial charge in [0.15, 0.2) is 0 Å². The van der Waals surface area contributed by atoms with Crippen molar-refractivity contribution in [2.75, 3.05) is 0 Å². The molecule has 0 aromatic carbocycles. The van der Waals surface area contributed by atoms with Crippen molar-refractivity contribution in [2.24, 2.45) is 17.8 Å². The van der Waals surface area contributed by atoms with Crippen LogP contribution in [0.1, 0.15) is 53.9 Å². The van der Waals surface area contributed by atoms with E-state index in [0.717, 1.165) is 12.8 Å². The number of carbonyl (C=O) groups excluding carboxylic acids is 1. The van der Waals surface area contributed by atoms with E-state index in [2.05, 4.69) is 13.8 Å². The van der Waals surface area contributed by atoms with Crippen molar-refractivity contribution in [3.63, 3.8) is 0 Å². The molecule has 1 heterocycles. The highest BCUT2D eigenvalue weighted by atomic mass is 16.4. The third-order valence-corrected chi connectivity index (χ3v) is 4.56. The van der Waals surface area contributed by atoms with Gasteiger partial charge in [-0.2, -0.15) is 0 Å².